The number of aliphatic carboxylic acids is 1. The van der Waals surface area contributed by atoms with Gasteiger partial charge < -0.3 is 39.0 Å². The summed E-state index contributed by atoms with van der Waals surface area (Å²) in [6, 6.07) is 0. The Morgan fingerprint density at radius 2 is 0.848 bits per heavy atom. The molecule has 1 aliphatic rings. The standard InChI is InChI=1S/C67H102O12/c1-4-7-10-13-16-19-22-25-28-30-33-35-38-41-44-47-50-53-59(68)75-56-58(77-60(69)54-51-48-45-42-39-37-34-31-29-26-23-20-17-14-11-8-5-2)57-76-67-65(63(72)62(71)64(79-67)66(73)74)78-61(70)55-52-49-46-43-40-36-32-27-24-21-18-15-12-9-6-3/h7,9-10,12,16-21,25-29,32-33,35,40-41,43-44,49,52,58,62-65,67,71-72H,4-6,8,11,13-15,22-24,30-31,34,36-39,42,45-48,50-51,53-57H2,1-3H3,(H,73,74)/b10-7-,12-9-,19-16-,20-17-,21-18-,28-25-,29-26-,32-27-,35-33-,43-40-,44-41-,52-49-. The van der Waals surface area contributed by atoms with Crippen LogP contribution in [-0.2, 0) is 42.9 Å². The lowest BCUT2D eigenvalue weighted by molar-refractivity contribution is -0.301. The summed E-state index contributed by atoms with van der Waals surface area (Å²) in [7, 11) is 0. The molecule has 1 saturated heterocycles. The number of aliphatic hydroxyl groups is 2. The Balaban J connectivity index is 2.79. The normalized spacial score (nSPS) is 18.9. The molecule has 0 aromatic carbocycles. The van der Waals surface area contributed by atoms with Crippen molar-refractivity contribution in [3.63, 3.8) is 0 Å². The molecule has 3 N–H and O–H groups in total. The monoisotopic (exact) mass is 1100 g/mol. The largest absolute Gasteiger partial charge is 0.479 e. The molecule has 0 aromatic rings. The predicted molar refractivity (Wildman–Crippen MR) is 321 cm³/mol. The van der Waals surface area contributed by atoms with Crippen LogP contribution in [0.3, 0.4) is 0 Å². The first-order valence-corrected chi connectivity index (χ1v) is 29.8. The van der Waals surface area contributed by atoms with Gasteiger partial charge >= 0.3 is 23.9 Å². The molecule has 442 valence electrons. The maximum absolute atomic E-state index is 13.2. The molecule has 1 rings (SSSR count). The van der Waals surface area contributed by atoms with Crippen molar-refractivity contribution in [3.8, 4) is 0 Å². The molecule has 1 heterocycles. The fourth-order valence-electron chi connectivity index (χ4n) is 7.92. The summed E-state index contributed by atoms with van der Waals surface area (Å²) in [6.45, 7) is 5.62. The van der Waals surface area contributed by atoms with Crippen molar-refractivity contribution in [3.05, 3.63) is 146 Å². The average molecular weight is 1100 g/mol. The van der Waals surface area contributed by atoms with E-state index < -0.39 is 67.3 Å². The molecule has 79 heavy (non-hydrogen) atoms. The Bertz CT molecular complexity index is 1930. The molecular formula is C67H102O12. The fraction of sp³-hybridized carbons (Fsp3) is 0.582. The number of esters is 3. The van der Waals surface area contributed by atoms with Gasteiger partial charge in [-0.25, -0.2) is 4.79 Å². The smallest absolute Gasteiger partial charge is 0.335 e. The molecule has 6 unspecified atom stereocenters. The minimum atomic E-state index is -1.95. The number of ether oxygens (including phenoxy) is 5. The molecule has 12 heteroatoms. The van der Waals surface area contributed by atoms with Crippen LogP contribution in [0.25, 0.3) is 0 Å². The second kappa shape index (κ2) is 53.3. The van der Waals surface area contributed by atoms with Crippen LogP contribution in [0.5, 0.6) is 0 Å². The van der Waals surface area contributed by atoms with Gasteiger partial charge in [0, 0.05) is 12.8 Å². The maximum atomic E-state index is 13.2. The highest BCUT2D eigenvalue weighted by atomic mass is 16.7. The quantitative estimate of drug-likeness (QED) is 0.0228. The van der Waals surface area contributed by atoms with Gasteiger partial charge in [-0.15, -0.1) is 0 Å². The summed E-state index contributed by atoms with van der Waals surface area (Å²) in [5, 5.41) is 31.5. The van der Waals surface area contributed by atoms with Gasteiger partial charge in [0.2, 0.25) is 0 Å². The molecule has 0 spiro atoms. The molecule has 0 saturated carbocycles. The average Bonchev–Trinajstić information content (AvgIpc) is 3.46. The molecule has 0 amide bonds. The third kappa shape index (κ3) is 43.1. The molecule has 0 aromatic heterocycles. The third-order valence-electron chi connectivity index (χ3n) is 12.4. The summed E-state index contributed by atoms with van der Waals surface area (Å²) < 4.78 is 28.2. The van der Waals surface area contributed by atoms with Crippen LogP contribution in [0.2, 0.25) is 0 Å². The first kappa shape index (κ1) is 71.6. The highest BCUT2D eigenvalue weighted by Gasteiger charge is 2.50. The summed E-state index contributed by atoms with van der Waals surface area (Å²) in [5.41, 5.74) is 0. The Labute approximate surface area is 476 Å². The summed E-state index contributed by atoms with van der Waals surface area (Å²) in [5.74, 6) is -3.40. The van der Waals surface area contributed by atoms with Gasteiger partial charge in [0.05, 0.1) is 13.0 Å². The zero-order valence-electron chi connectivity index (χ0n) is 48.5. The highest BCUT2D eigenvalue weighted by Crippen LogP contribution is 2.26. The first-order chi connectivity index (χ1) is 38.6. The Hall–Kier alpha value is -5.40. The summed E-state index contributed by atoms with van der Waals surface area (Å²) in [4.78, 5) is 51.1. The van der Waals surface area contributed by atoms with E-state index in [9.17, 15) is 34.5 Å². The van der Waals surface area contributed by atoms with E-state index in [1.165, 1.54) is 19.3 Å². The number of rotatable bonds is 48. The number of hydrogen-bond acceptors (Lipinski definition) is 11. The summed E-state index contributed by atoms with van der Waals surface area (Å²) >= 11 is 0. The Morgan fingerprint density at radius 3 is 1.32 bits per heavy atom. The van der Waals surface area contributed by atoms with Crippen molar-refractivity contribution in [2.75, 3.05) is 13.2 Å². The van der Waals surface area contributed by atoms with E-state index in [4.69, 9.17) is 23.7 Å². The SMILES string of the molecule is CC/C=C\C/C=C\C/C=C\C/C=C\C/C=C\CCCC(=O)OCC(COC1OC(C(=O)O)C(O)C(O)C1OC(=O)C/C=C\C/C=C\C/C=C\C/C=C\C/C=C\CC)OC(=O)CCCCCCCCC/C=C\C/C=C\CCCCC. The van der Waals surface area contributed by atoms with E-state index in [1.54, 1.807) is 12.2 Å². The zero-order chi connectivity index (χ0) is 57.5. The van der Waals surface area contributed by atoms with E-state index in [0.29, 0.717) is 25.7 Å². The van der Waals surface area contributed by atoms with Gasteiger partial charge in [0.1, 0.15) is 18.8 Å². The third-order valence-corrected chi connectivity index (χ3v) is 12.4. The number of aliphatic hydroxyl groups excluding tert-OH is 2. The Morgan fingerprint density at radius 1 is 0.443 bits per heavy atom. The van der Waals surface area contributed by atoms with Crippen molar-refractivity contribution in [1.82, 2.24) is 0 Å². The first-order valence-electron chi connectivity index (χ1n) is 29.8. The van der Waals surface area contributed by atoms with Gasteiger partial charge in [-0.05, 0) is 116 Å². The van der Waals surface area contributed by atoms with Crippen LogP contribution >= 0.6 is 0 Å². The second-order valence-corrected chi connectivity index (χ2v) is 19.5. The topological polar surface area (TPSA) is 175 Å². The van der Waals surface area contributed by atoms with Gasteiger partial charge in [0.15, 0.2) is 24.6 Å². The van der Waals surface area contributed by atoms with Crippen molar-refractivity contribution in [1.29, 1.82) is 0 Å². The lowest BCUT2D eigenvalue weighted by atomic mass is 9.98. The van der Waals surface area contributed by atoms with Crippen LogP contribution in [0.4, 0.5) is 0 Å². The van der Waals surface area contributed by atoms with Gasteiger partial charge in [0.25, 0.3) is 0 Å². The lowest BCUT2D eigenvalue weighted by Crippen LogP contribution is -2.61. The number of carbonyl (C=O) groups is 4. The minimum absolute atomic E-state index is 0.120. The second-order valence-electron chi connectivity index (χ2n) is 19.5. The maximum Gasteiger partial charge on any atom is 0.335 e. The Kier molecular flexibility index (Phi) is 48.3. The van der Waals surface area contributed by atoms with E-state index in [2.05, 4.69) is 136 Å². The minimum Gasteiger partial charge on any atom is -0.479 e. The number of carboxylic acid groups (broad SMARTS) is 1. The van der Waals surface area contributed by atoms with Crippen LogP contribution in [-0.4, -0.2) is 89.2 Å². The number of allylic oxidation sites excluding steroid dienone is 23. The van der Waals surface area contributed by atoms with Crippen molar-refractivity contribution >= 4 is 23.9 Å². The van der Waals surface area contributed by atoms with Crippen LogP contribution in [0.1, 0.15) is 201 Å². The number of unbranched alkanes of at least 4 members (excludes halogenated alkanes) is 11. The molecule has 0 aliphatic carbocycles. The zero-order valence-corrected chi connectivity index (χ0v) is 48.5. The van der Waals surface area contributed by atoms with Crippen LogP contribution in [0.15, 0.2) is 146 Å². The molecular weight excluding hydrogens is 997 g/mol. The number of carbonyl (C=O) groups excluding carboxylic acids is 3. The number of hydrogen-bond donors (Lipinski definition) is 3. The molecule has 0 radical (unpaired) electrons. The van der Waals surface area contributed by atoms with Crippen LogP contribution < -0.4 is 0 Å². The van der Waals surface area contributed by atoms with E-state index in [0.717, 1.165) is 116 Å². The van der Waals surface area contributed by atoms with E-state index in [1.807, 2.05) is 18.2 Å². The highest BCUT2D eigenvalue weighted by molar-refractivity contribution is 5.74. The van der Waals surface area contributed by atoms with Crippen molar-refractivity contribution < 1.29 is 58.2 Å². The van der Waals surface area contributed by atoms with Crippen molar-refractivity contribution in [2.24, 2.45) is 0 Å². The van der Waals surface area contributed by atoms with Crippen LogP contribution in [0, 0.1) is 0 Å². The molecule has 0 bridgehead atoms. The van der Waals surface area contributed by atoms with E-state index in [-0.39, 0.29) is 25.9 Å². The summed E-state index contributed by atoms with van der Waals surface area (Å²) in [6.07, 6.45) is 64.2. The van der Waals surface area contributed by atoms with E-state index >= 15 is 0 Å². The molecule has 6 atom stereocenters. The fourth-order valence-corrected chi connectivity index (χ4v) is 7.92. The predicted octanol–water partition coefficient (Wildman–Crippen LogP) is 15.6. The molecule has 1 fully saturated rings. The van der Waals surface area contributed by atoms with Crippen molar-refractivity contribution in [2.45, 2.75) is 237 Å². The van der Waals surface area contributed by atoms with Gasteiger partial charge in [-0.1, -0.05) is 212 Å². The van der Waals surface area contributed by atoms with Gasteiger partial charge in [-0.2, -0.15) is 0 Å². The molecule has 12 nitrogen and oxygen atoms in total. The number of carboxylic acids is 1. The lowest BCUT2D eigenvalue weighted by Gasteiger charge is -2.40. The van der Waals surface area contributed by atoms with Gasteiger partial charge in [-0.3, -0.25) is 14.4 Å². The molecule has 1 aliphatic heterocycles.